The maximum atomic E-state index is 13.6. The van der Waals surface area contributed by atoms with Gasteiger partial charge in [-0.2, -0.15) is 0 Å². The molecule has 2 aromatic carbocycles. The molecule has 5 heteroatoms. The SMILES string of the molecule is CCc1nc2cccc(-c3ccnc(OC(C)C)c3)c2c(=O)n1-c1ccccc1. The number of nitrogens with zero attached hydrogens (tertiary/aromatic N) is 3. The normalized spacial score (nSPS) is 11.2. The molecule has 0 amide bonds. The van der Waals surface area contributed by atoms with E-state index in [9.17, 15) is 4.79 Å². The zero-order chi connectivity index (χ0) is 20.4. The second-order valence-electron chi connectivity index (χ2n) is 7.11. The van der Waals surface area contributed by atoms with Gasteiger partial charge in [-0.3, -0.25) is 9.36 Å². The molecule has 0 aliphatic rings. The molecule has 0 spiro atoms. The lowest BCUT2D eigenvalue weighted by Gasteiger charge is -2.15. The molecule has 0 aliphatic heterocycles. The third-order valence-corrected chi connectivity index (χ3v) is 4.70. The Hall–Kier alpha value is -3.47. The molecule has 2 aromatic heterocycles. The van der Waals surface area contributed by atoms with Crippen molar-refractivity contribution in [3.63, 3.8) is 0 Å². The second-order valence-corrected chi connectivity index (χ2v) is 7.11. The molecule has 0 atom stereocenters. The van der Waals surface area contributed by atoms with Crippen molar-refractivity contribution in [3.8, 4) is 22.7 Å². The number of aromatic nitrogens is 3. The van der Waals surface area contributed by atoms with Crippen molar-refractivity contribution in [2.75, 3.05) is 0 Å². The van der Waals surface area contributed by atoms with Gasteiger partial charge in [0.15, 0.2) is 0 Å². The summed E-state index contributed by atoms with van der Waals surface area (Å²) in [5.41, 5.74) is 3.14. The minimum Gasteiger partial charge on any atom is -0.475 e. The van der Waals surface area contributed by atoms with Gasteiger partial charge in [0.25, 0.3) is 5.56 Å². The van der Waals surface area contributed by atoms with Crippen LogP contribution in [0, 0.1) is 0 Å². The van der Waals surface area contributed by atoms with Crippen LogP contribution in [0.25, 0.3) is 27.7 Å². The Kier molecular flexibility index (Phi) is 5.12. The Morgan fingerprint density at radius 3 is 2.55 bits per heavy atom. The number of hydrogen-bond donors (Lipinski definition) is 0. The molecule has 0 fully saturated rings. The molecule has 0 aliphatic carbocycles. The van der Waals surface area contributed by atoms with Crippen LogP contribution in [0.2, 0.25) is 0 Å². The highest BCUT2D eigenvalue weighted by atomic mass is 16.5. The molecule has 0 radical (unpaired) electrons. The molecule has 0 bridgehead atoms. The van der Waals surface area contributed by atoms with E-state index in [0.717, 1.165) is 22.6 Å². The van der Waals surface area contributed by atoms with Crippen LogP contribution in [0.5, 0.6) is 5.88 Å². The van der Waals surface area contributed by atoms with E-state index >= 15 is 0 Å². The lowest BCUT2D eigenvalue weighted by molar-refractivity contribution is 0.233. The van der Waals surface area contributed by atoms with Crippen LogP contribution in [0.1, 0.15) is 26.6 Å². The maximum Gasteiger partial charge on any atom is 0.266 e. The summed E-state index contributed by atoms with van der Waals surface area (Å²) in [7, 11) is 0. The Labute approximate surface area is 169 Å². The predicted octanol–water partition coefficient (Wildman–Crippen LogP) is 4.80. The smallest absolute Gasteiger partial charge is 0.266 e. The molecule has 4 rings (SSSR count). The highest BCUT2D eigenvalue weighted by molar-refractivity contribution is 5.94. The average Bonchev–Trinajstić information content (AvgIpc) is 2.73. The predicted molar refractivity (Wildman–Crippen MR) is 116 cm³/mol. The number of benzene rings is 2. The topological polar surface area (TPSA) is 57.0 Å². The van der Waals surface area contributed by atoms with Crippen molar-refractivity contribution in [3.05, 3.63) is 83.0 Å². The fourth-order valence-corrected chi connectivity index (χ4v) is 3.48. The van der Waals surface area contributed by atoms with Gasteiger partial charge in [0.1, 0.15) is 5.82 Å². The van der Waals surface area contributed by atoms with Gasteiger partial charge < -0.3 is 4.74 Å². The molecule has 29 heavy (non-hydrogen) atoms. The fourth-order valence-electron chi connectivity index (χ4n) is 3.48. The van der Waals surface area contributed by atoms with Gasteiger partial charge in [0.2, 0.25) is 5.88 Å². The first-order valence-corrected chi connectivity index (χ1v) is 9.81. The minimum absolute atomic E-state index is 0.0226. The Balaban J connectivity index is 1.99. The molecular weight excluding hydrogens is 362 g/mol. The summed E-state index contributed by atoms with van der Waals surface area (Å²) in [6.07, 6.45) is 2.39. The number of ether oxygens (including phenoxy) is 1. The van der Waals surface area contributed by atoms with Gasteiger partial charge >= 0.3 is 0 Å². The summed E-state index contributed by atoms with van der Waals surface area (Å²) in [4.78, 5) is 22.7. The highest BCUT2D eigenvalue weighted by Gasteiger charge is 2.16. The summed E-state index contributed by atoms with van der Waals surface area (Å²) in [6.45, 7) is 5.93. The number of para-hydroxylation sites is 1. The summed E-state index contributed by atoms with van der Waals surface area (Å²) in [5, 5.41) is 0.593. The summed E-state index contributed by atoms with van der Waals surface area (Å²) < 4.78 is 7.45. The Morgan fingerprint density at radius 2 is 1.83 bits per heavy atom. The van der Waals surface area contributed by atoms with Crippen LogP contribution in [0.4, 0.5) is 0 Å². The van der Waals surface area contributed by atoms with Crippen LogP contribution in [-0.2, 0) is 6.42 Å². The Bertz CT molecular complexity index is 1210. The first-order chi connectivity index (χ1) is 14.1. The van der Waals surface area contributed by atoms with Crippen molar-refractivity contribution < 1.29 is 4.74 Å². The monoisotopic (exact) mass is 385 g/mol. The lowest BCUT2D eigenvalue weighted by Crippen LogP contribution is -2.24. The maximum absolute atomic E-state index is 13.6. The molecule has 146 valence electrons. The van der Waals surface area contributed by atoms with E-state index < -0.39 is 0 Å². The summed E-state index contributed by atoms with van der Waals surface area (Å²) in [5.74, 6) is 1.28. The average molecular weight is 385 g/mol. The molecule has 0 N–H and O–H groups in total. The van der Waals surface area contributed by atoms with Gasteiger partial charge in [-0.15, -0.1) is 0 Å². The molecular formula is C24H23N3O2. The van der Waals surface area contributed by atoms with Crippen molar-refractivity contribution in [2.24, 2.45) is 0 Å². The number of pyridine rings is 1. The van der Waals surface area contributed by atoms with Crippen LogP contribution in [-0.4, -0.2) is 20.6 Å². The van der Waals surface area contributed by atoms with Gasteiger partial charge in [-0.25, -0.2) is 9.97 Å². The fraction of sp³-hybridized carbons (Fsp3) is 0.208. The lowest BCUT2D eigenvalue weighted by atomic mass is 10.0. The standard InChI is InChI=1S/C24H23N3O2/c1-4-21-26-20-12-8-11-19(17-13-14-25-22(15-17)29-16(2)3)23(20)24(28)27(21)18-9-6-5-7-10-18/h5-16H,4H2,1-3H3. The van der Waals surface area contributed by atoms with Crippen LogP contribution in [0.15, 0.2) is 71.7 Å². The van der Waals surface area contributed by atoms with E-state index in [1.54, 1.807) is 10.8 Å². The van der Waals surface area contributed by atoms with E-state index in [1.807, 2.05) is 81.4 Å². The number of rotatable bonds is 5. The van der Waals surface area contributed by atoms with Gasteiger partial charge in [-0.1, -0.05) is 37.3 Å². The first kappa shape index (κ1) is 18.9. The third kappa shape index (κ3) is 3.63. The van der Waals surface area contributed by atoms with Crippen molar-refractivity contribution in [1.82, 2.24) is 14.5 Å². The van der Waals surface area contributed by atoms with Crippen LogP contribution >= 0.6 is 0 Å². The first-order valence-electron chi connectivity index (χ1n) is 9.81. The number of hydrogen-bond acceptors (Lipinski definition) is 4. The highest BCUT2D eigenvalue weighted by Crippen LogP contribution is 2.28. The minimum atomic E-state index is -0.0724. The van der Waals surface area contributed by atoms with Gasteiger partial charge in [0, 0.05) is 18.7 Å². The number of aryl methyl sites for hydroxylation is 1. The number of fused-ring (bicyclic) bond motifs is 1. The van der Waals surface area contributed by atoms with E-state index in [-0.39, 0.29) is 11.7 Å². The zero-order valence-corrected chi connectivity index (χ0v) is 16.8. The van der Waals surface area contributed by atoms with Crippen molar-refractivity contribution in [1.29, 1.82) is 0 Å². The Morgan fingerprint density at radius 1 is 1.03 bits per heavy atom. The van der Waals surface area contributed by atoms with Crippen LogP contribution < -0.4 is 10.3 Å². The van der Waals surface area contributed by atoms with E-state index in [4.69, 9.17) is 9.72 Å². The van der Waals surface area contributed by atoms with E-state index in [1.165, 1.54) is 0 Å². The van der Waals surface area contributed by atoms with Gasteiger partial charge in [-0.05, 0) is 49.2 Å². The van der Waals surface area contributed by atoms with Crippen molar-refractivity contribution >= 4 is 10.9 Å². The molecule has 2 heterocycles. The van der Waals surface area contributed by atoms with E-state index in [0.29, 0.717) is 23.2 Å². The van der Waals surface area contributed by atoms with Crippen molar-refractivity contribution in [2.45, 2.75) is 33.3 Å². The molecule has 0 saturated carbocycles. The molecule has 5 nitrogen and oxygen atoms in total. The molecule has 4 aromatic rings. The zero-order valence-electron chi connectivity index (χ0n) is 16.8. The third-order valence-electron chi connectivity index (χ3n) is 4.70. The van der Waals surface area contributed by atoms with Crippen LogP contribution in [0.3, 0.4) is 0 Å². The molecule has 0 unspecified atom stereocenters. The largest absolute Gasteiger partial charge is 0.475 e. The molecule has 0 saturated heterocycles. The summed E-state index contributed by atoms with van der Waals surface area (Å²) >= 11 is 0. The van der Waals surface area contributed by atoms with E-state index in [2.05, 4.69) is 4.98 Å². The quantitative estimate of drug-likeness (QED) is 0.495. The second kappa shape index (κ2) is 7.87. The van der Waals surface area contributed by atoms with Gasteiger partial charge in [0.05, 0.1) is 22.7 Å². The summed E-state index contributed by atoms with van der Waals surface area (Å²) in [6, 6.07) is 19.2.